The van der Waals surface area contributed by atoms with Crippen molar-refractivity contribution >= 4 is 34.7 Å². The van der Waals surface area contributed by atoms with Gasteiger partial charge in [0.25, 0.3) is 0 Å². The van der Waals surface area contributed by atoms with Crippen LogP contribution in [0.2, 0.25) is 0 Å². The number of carboxylic acids is 1. The molecule has 6 N–H and O–H groups in total. The summed E-state index contributed by atoms with van der Waals surface area (Å²) in [6.45, 7) is 10.8. The molecule has 1 heterocycles. The first-order chi connectivity index (χ1) is 20.7. The number of benzene rings is 1. The van der Waals surface area contributed by atoms with E-state index in [1.165, 1.54) is 0 Å². The van der Waals surface area contributed by atoms with Gasteiger partial charge in [0.05, 0.1) is 24.6 Å². The number of carbonyl (C=O) groups excluding carboxylic acids is 3. The first-order valence-corrected chi connectivity index (χ1v) is 15.7. The summed E-state index contributed by atoms with van der Waals surface area (Å²) >= 11 is 0. The number of amides is 2. The number of aliphatic hydroxyl groups is 1. The molecule has 1 aliphatic rings. The number of rotatable bonds is 14. The Bertz CT molecular complexity index is 1290. The molecule has 5 atom stereocenters. The van der Waals surface area contributed by atoms with Gasteiger partial charge in [-0.25, -0.2) is 0 Å². The van der Waals surface area contributed by atoms with Gasteiger partial charge in [-0.15, -0.1) is 0 Å². The van der Waals surface area contributed by atoms with Gasteiger partial charge in [-0.05, 0) is 64.5 Å². The molecule has 11 heteroatoms. The molecule has 4 unspecified atom stereocenters. The molecule has 0 aliphatic heterocycles. The number of hydrogen-bond donors (Lipinski definition) is 6. The van der Waals surface area contributed by atoms with Crippen LogP contribution in [0, 0.1) is 5.92 Å². The maximum Gasteiger partial charge on any atom is 0.326 e. The highest BCUT2D eigenvalue weighted by molar-refractivity contribution is 5.91. The minimum absolute atomic E-state index is 0.182. The monoisotopic (exact) mass is 614 g/mol. The predicted molar refractivity (Wildman–Crippen MR) is 168 cm³/mol. The second kappa shape index (κ2) is 15.0. The van der Waals surface area contributed by atoms with E-state index in [2.05, 4.69) is 20.9 Å². The molecule has 2 aromatic rings. The normalized spacial score (nSPS) is 18.4. The van der Waals surface area contributed by atoms with Crippen LogP contribution in [0.15, 0.2) is 30.5 Å². The maximum atomic E-state index is 13.7. The molecule has 44 heavy (non-hydrogen) atoms. The minimum atomic E-state index is -1.36. The van der Waals surface area contributed by atoms with E-state index < -0.39 is 59.6 Å². The van der Waals surface area contributed by atoms with Crippen LogP contribution in [0.25, 0.3) is 10.9 Å². The molecule has 2 amide bonds. The van der Waals surface area contributed by atoms with Crippen LogP contribution < -0.4 is 16.0 Å². The standard InChI is InChI=1S/C33H50N4O7/c1-7-20(2)28(36-29(41)21(3)37-33(15-11-8-12-16-33)31(43)44-32(4,5)6)30(42)35-25(26(38)18-27(39)40)17-22-19-34-24-14-10-9-13-23(22)24/h9-10,13-14,19-21,25-26,28,34,37-38H,7-8,11-12,15-18H2,1-6H3,(H,35,42)(H,36,41)(H,39,40)/t20?,21?,25-,26?,28?/m0/s1. The smallest absolute Gasteiger partial charge is 0.326 e. The summed E-state index contributed by atoms with van der Waals surface area (Å²) < 4.78 is 5.73. The van der Waals surface area contributed by atoms with Gasteiger partial charge in [0.15, 0.2) is 0 Å². The number of fused-ring (bicyclic) bond motifs is 1. The second-order valence-corrected chi connectivity index (χ2v) is 13.2. The fraction of sp³-hybridized carbons (Fsp3) is 0.636. The fourth-order valence-electron chi connectivity index (χ4n) is 5.81. The second-order valence-electron chi connectivity index (χ2n) is 13.2. The van der Waals surface area contributed by atoms with E-state index in [1.807, 2.05) is 58.9 Å². The number of hydrogen-bond acceptors (Lipinski definition) is 7. The molecule has 0 saturated heterocycles. The van der Waals surface area contributed by atoms with Crippen LogP contribution in [-0.4, -0.2) is 74.3 Å². The first-order valence-electron chi connectivity index (χ1n) is 15.7. The summed E-state index contributed by atoms with van der Waals surface area (Å²) in [6.07, 6.45) is 4.37. The maximum absolute atomic E-state index is 13.7. The highest BCUT2D eigenvalue weighted by Crippen LogP contribution is 2.31. The SMILES string of the molecule is CCC(C)C(NC(=O)C(C)NC1(C(=O)OC(C)(C)C)CCCCC1)C(=O)N[C@@H](Cc1c[nH]c2ccccc12)C(O)CC(=O)O. The zero-order valence-electron chi connectivity index (χ0n) is 26.9. The molecule has 1 aromatic carbocycles. The summed E-state index contributed by atoms with van der Waals surface area (Å²) in [7, 11) is 0. The van der Waals surface area contributed by atoms with E-state index in [-0.39, 0.29) is 18.3 Å². The van der Waals surface area contributed by atoms with Crippen LogP contribution in [0.5, 0.6) is 0 Å². The zero-order valence-corrected chi connectivity index (χ0v) is 26.9. The number of aromatic nitrogens is 1. The molecule has 1 aromatic heterocycles. The van der Waals surface area contributed by atoms with E-state index in [0.717, 1.165) is 35.7 Å². The lowest BCUT2D eigenvalue weighted by Gasteiger charge is -2.39. The van der Waals surface area contributed by atoms with Gasteiger partial charge in [0.1, 0.15) is 17.2 Å². The molecule has 3 rings (SSSR count). The Balaban J connectivity index is 1.78. The van der Waals surface area contributed by atoms with Crippen molar-refractivity contribution < 1.29 is 34.1 Å². The summed E-state index contributed by atoms with van der Waals surface area (Å²) in [5.41, 5.74) is 0.0239. The van der Waals surface area contributed by atoms with Crippen molar-refractivity contribution in [3.8, 4) is 0 Å². The number of H-pyrrole nitrogens is 1. The Morgan fingerprint density at radius 2 is 1.68 bits per heavy atom. The number of aliphatic hydroxyl groups excluding tert-OH is 1. The van der Waals surface area contributed by atoms with Crippen molar-refractivity contribution in [3.05, 3.63) is 36.0 Å². The Hall–Kier alpha value is -3.44. The number of carboxylic acid groups (broad SMARTS) is 1. The van der Waals surface area contributed by atoms with E-state index in [1.54, 1.807) is 13.1 Å². The molecule has 0 spiro atoms. The van der Waals surface area contributed by atoms with Crippen molar-refractivity contribution in [2.75, 3.05) is 0 Å². The van der Waals surface area contributed by atoms with Crippen LogP contribution >= 0.6 is 0 Å². The van der Waals surface area contributed by atoms with Gasteiger partial charge in [-0.1, -0.05) is 57.7 Å². The summed E-state index contributed by atoms with van der Waals surface area (Å²) in [5.74, 6) is -2.81. The van der Waals surface area contributed by atoms with E-state index in [4.69, 9.17) is 4.74 Å². The van der Waals surface area contributed by atoms with Crippen molar-refractivity contribution in [3.63, 3.8) is 0 Å². The summed E-state index contributed by atoms with van der Waals surface area (Å²) in [6, 6.07) is 4.91. The van der Waals surface area contributed by atoms with Crippen molar-refractivity contribution in [1.82, 2.24) is 20.9 Å². The predicted octanol–water partition coefficient (Wildman–Crippen LogP) is 3.58. The lowest BCUT2D eigenvalue weighted by Crippen LogP contribution is -2.63. The van der Waals surface area contributed by atoms with Crippen molar-refractivity contribution in [2.24, 2.45) is 5.92 Å². The van der Waals surface area contributed by atoms with Gasteiger partial charge < -0.3 is 30.6 Å². The molecule has 11 nitrogen and oxygen atoms in total. The third-order valence-electron chi connectivity index (χ3n) is 8.47. The van der Waals surface area contributed by atoms with Crippen molar-refractivity contribution in [1.29, 1.82) is 0 Å². The van der Waals surface area contributed by atoms with Gasteiger partial charge in [-0.3, -0.25) is 24.5 Å². The number of ether oxygens (including phenoxy) is 1. The third-order valence-corrected chi connectivity index (χ3v) is 8.47. The summed E-state index contributed by atoms with van der Waals surface area (Å²) in [4.78, 5) is 55.2. The fourth-order valence-corrected chi connectivity index (χ4v) is 5.81. The third kappa shape index (κ3) is 9.28. The Morgan fingerprint density at radius 1 is 1.02 bits per heavy atom. The van der Waals surface area contributed by atoms with Crippen LogP contribution in [0.1, 0.15) is 92.1 Å². The highest BCUT2D eigenvalue weighted by Gasteiger charge is 2.44. The lowest BCUT2D eigenvalue weighted by atomic mass is 9.81. The van der Waals surface area contributed by atoms with Gasteiger partial charge in [0, 0.05) is 17.1 Å². The van der Waals surface area contributed by atoms with Gasteiger partial charge >= 0.3 is 11.9 Å². The zero-order chi connectivity index (χ0) is 32.7. The molecule has 1 aliphatic carbocycles. The van der Waals surface area contributed by atoms with Crippen LogP contribution in [0.4, 0.5) is 0 Å². The molecule has 0 radical (unpaired) electrons. The lowest BCUT2D eigenvalue weighted by molar-refractivity contribution is -0.165. The molecule has 0 bridgehead atoms. The topological polar surface area (TPSA) is 170 Å². The Morgan fingerprint density at radius 3 is 2.30 bits per heavy atom. The number of aliphatic carboxylic acids is 1. The van der Waals surface area contributed by atoms with Gasteiger partial charge in [-0.2, -0.15) is 0 Å². The Kier molecular flexibility index (Phi) is 12.0. The quantitative estimate of drug-likeness (QED) is 0.175. The molecule has 1 fully saturated rings. The van der Waals surface area contributed by atoms with E-state index in [9.17, 15) is 29.4 Å². The molecule has 1 saturated carbocycles. The average molecular weight is 615 g/mol. The largest absolute Gasteiger partial charge is 0.481 e. The number of nitrogens with one attached hydrogen (secondary N) is 4. The molecular weight excluding hydrogens is 564 g/mol. The molecule has 244 valence electrons. The number of aromatic amines is 1. The van der Waals surface area contributed by atoms with Gasteiger partial charge in [0.2, 0.25) is 11.8 Å². The Labute approximate surface area is 259 Å². The van der Waals surface area contributed by atoms with E-state index >= 15 is 0 Å². The van der Waals surface area contributed by atoms with Crippen molar-refractivity contribution in [2.45, 2.75) is 128 Å². The number of carbonyl (C=O) groups is 4. The van der Waals surface area contributed by atoms with Crippen LogP contribution in [-0.2, 0) is 30.3 Å². The first kappa shape index (κ1) is 35.0. The highest BCUT2D eigenvalue weighted by atomic mass is 16.6. The van der Waals surface area contributed by atoms with E-state index in [0.29, 0.717) is 19.3 Å². The number of para-hydroxylation sites is 1. The minimum Gasteiger partial charge on any atom is -0.481 e. The number of esters is 1. The molecular formula is C33H50N4O7. The average Bonchev–Trinajstić information content (AvgIpc) is 3.36. The van der Waals surface area contributed by atoms with Crippen LogP contribution in [0.3, 0.4) is 0 Å². The summed E-state index contributed by atoms with van der Waals surface area (Å²) in [5, 5.41) is 30.1.